The standard InChI is InChI=1S/C14H18N2O2/c1-11(8-9-15)16(2)10-13(14(17)18)12-6-4-3-5-7-12/h3-7,11,13H,8,10H2,1-2H3,(H,17,18). The molecule has 0 fully saturated rings. The molecule has 4 nitrogen and oxygen atoms in total. The van der Waals surface area contributed by atoms with E-state index in [0.717, 1.165) is 5.56 Å². The second-order valence-electron chi connectivity index (χ2n) is 4.45. The lowest BCUT2D eigenvalue weighted by atomic mass is 9.98. The maximum atomic E-state index is 11.3. The summed E-state index contributed by atoms with van der Waals surface area (Å²) in [6, 6.07) is 11.3. The fourth-order valence-corrected chi connectivity index (χ4v) is 1.77. The minimum absolute atomic E-state index is 0.0561. The molecule has 0 spiro atoms. The second kappa shape index (κ2) is 6.77. The van der Waals surface area contributed by atoms with Crippen LogP contribution in [0.1, 0.15) is 24.8 Å². The van der Waals surface area contributed by atoms with E-state index in [1.165, 1.54) is 0 Å². The lowest BCUT2D eigenvalue weighted by Gasteiger charge is -2.26. The van der Waals surface area contributed by atoms with Crippen LogP contribution in [-0.2, 0) is 4.79 Å². The van der Waals surface area contributed by atoms with Gasteiger partial charge >= 0.3 is 5.97 Å². The van der Waals surface area contributed by atoms with Gasteiger partial charge in [-0.1, -0.05) is 30.3 Å². The van der Waals surface area contributed by atoms with Crippen LogP contribution in [0.2, 0.25) is 0 Å². The number of benzene rings is 1. The van der Waals surface area contributed by atoms with Gasteiger partial charge in [-0.25, -0.2) is 0 Å². The number of carboxylic acids is 1. The summed E-state index contributed by atoms with van der Waals surface area (Å²) < 4.78 is 0. The summed E-state index contributed by atoms with van der Waals surface area (Å²) in [6.07, 6.45) is 0.400. The number of nitrogens with zero attached hydrogens (tertiary/aromatic N) is 2. The van der Waals surface area contributed by atoms with Crippen LogP contribution in [0.4, 0.5) is 0 Å². The second-order valence-corrected chi connectivity index (χ2v) is 4.45. The Morgan fingerprint density at radius 2 is 2.06 bits per heavy atom. The Labute approximate surface area is 107 Å². The van der Waals surface area contributed by atoms with Gasteiger partial charge in [0.15, 0.2) is 0 Å². The Morgan fingerprint density at radius 3 is 2.56 bits per heavy atom. The summed E-state index contributed by atoms with van der Waals surface area (Å²) in [5.74, 6) is -1.39. The van der Waals surface area contributed by atoms with Crippen LogP contribution < -0.4 is 0 Å². The Balaban J connectivity index is 2.77. The Kier molecular flexibility index (Phi) is 5.34. The Bertz CT molecular complexity index is 425. The number of rotatable bonds is 6. The third kappa shape index (κ3) is 3.86. The van der Waals surface area contributed by atoms with Crippen LogP contribution in [0.15, 0.2) is 30.3 Å². The zero-order valence-corrected chi connectivity index (χ0v) is 10.7. The van der Waals surface area contributed by atoms with Crippen LogP contribution in [-0.4, -0.2) is 35.6 Å². The van der Waals surface area contributed by atoms with E-state index in [2.05, 4.69) is 6.07 Å². The van der Waals surface area contributed by atoms with E-state index in [1.807, 2.05) is 49.2 Å². The van der Waals surface area contributed by atoms with E-state index in [9.17, 15) is 9.90 Å². The predicted octanol–water partition coefficient (Wildman–Crippen LogP) is 2.09. The summed E-state index contributed by atoms with van der Waals surface area (Å²) in [5.41, 5.74) is 0.793. The SMILES string of the molecule is CC(CC#N)N(C)CC(C(=O)O)c1ccccc1. The monoisotopic (exact) mass is 246 g/mol. The molecule has 0 saturated carbocycles. The van der Waals surface area contributed by atoms with Crippen molar-refractivity contribution in [1.82, 2.24) is 4.90 Å². The van der Waals surface area contributed by atoms with Gasteiger partial charge in [0.2, 0.25) is 0 Å². The van der Waals surface area contributed by atoms with Crippen molar-refractivity contribution in [2.45, 2.75) is 25.3 Å². The number of hydrogen-bond donors (Lipinski definition) is 1. The first-order chi connectivity index (χ1) is 8.56. The number of carboxylic acid groups (broad SMARTS) is 1. The largest absolute Gasteiger partial charge is 0.481 e. The van der Waals surface area contributed by atoms with Gasteiger partial charge in [-0.05, 0) is 19.5 Å². The molecule has 1 N–H and O–H groups in total. The fraction of sp³-hybridized carbons (Fsp3) is 0.429. The van der Waals surface area contributed by atoms with E-state index >= 15 is 0 Å². The van der Waals surface area contributed by atoms with Crippen LogP contribution in [0.5, 0.6) is 0 Å². The van der Waals surface area contributed by atoms with Gasteiger partial charge in [-0.2, -0.15) is 5.26 Å². The highest BCUT2D eigenvalue weighted by Crippen LogP contribution is 2.18. The summed E-state index contributed by atoms with van der Waals surface area (Å²) in [7, 11) is 1.85. The predicted molar refractivity (Wildman–Crippen MR) is 69.1 cm³/mol. The normalized spacial score (nSPS) is 13.9. The molecule has 1 rings (SSSR count). The Hall–Kier alpha value is -1.86. The van der Waals surface area contributed by atoms with Gasteiger partial charge in [0, 0.05) is 12.6 Å². The van der Waals surface area contributed by atoms with Crippen LogP contribution in [0, 0.1) is 11.3 Å². The smallest absolute Gasteiger partial charge is 0.312 e. The van der Waals surface area contributed by atoms with E-state index in [0.29, 0.717) is 13.0 Å². The van der Waals surface area contributed by atoms with Crippen LogP contribution >= 0.6 is 0 Å². The molecule has 0 radical (unpaired) electrons. The minimum Gasteiger partial charge on any atom is -0.481 e. The first-order valence-corrected chi connectivity index (χ1v) is 5.91. The zero-order chi connectivity index (χ0) is 13.5. The van der Waals surface area contributed by atoms with Gasteiger partial charge in [0.1, 0.15) is 0 Å². The molecule has 96 valence electrons. The molecule has 0 aliphatic carbocycles. The van der Waals surface area contributed by atoms with Crippen molar-refractivity contribution in [2.75, 3.05) is 13.6 Å². The maximum Gasteiger partial charge on any atom is 0.312 e. The van der Waals surface area contributed by atoms with Crippen LogP contribution in [0.25, 0.3) is 0 Å². The molecular weight excluding hydrogens is 228 g/mol. The van der Waals surface area contributed by atoms with E-state index in [-0.39, 0.29) is 6.04 Å². The molecule has 0 aliphatic heterocycles. The number of carbonyl (C=O) groups is 1. The van der Waals surface area contributed by atoms with E-state index in [1.54, 1.807) is 0 Å². The van der Waals surface area contributed by atoms with Gasteiger partial charge < -0.3 is 10.0 Å². The zero-order valence-electron chi connectivity index (χ0n) is 10.7. The average Bonchev–Trinajstić information content (AvgIpc) is 2.36. The third-order valence-electron chi connectivity index (χ3n) is 3.11. The minimum atomic E-state index is -0.836. The first kappa shape index (κ1) is 14.2. The van der Waals surface area contributed by atoms with Gasteiger partial charge in [-0.3, -0.25) is 4.79 Å². The lowest BCUT2D eigenvalue weighted by Crippen LogP contribution is -2.35. The lowest BCUT2D eigenvalue weighted by molar-refractivity contribution is -0.139. The molecule has 0 aromatic heterocycles. The molecule has 0 bridgehead atoms. The van der Waals surface area contributed by atoms with Crippen molar-refractivity contribution in [2.24, 2.45) is 0 Å². The van der Waals surface area contributed by atoms with Gasteiger partial charge in [-0.15, -0.1) is 0 Å². The van der Waals surface area contributed by atoms with Crippen molar-refractivity contribution in [3.63, 3.8) is 0 Å². The molecule has 1 aromatic rings. The number of aliphatic carboxylic acids is 1. The van der Waals surface area contributed by atoms with Gasteiger partial charge in [0.25, 0.3) is 0 Å². The molecule has 0 aliphatic rings. The molecule has 2 atom stereocenters. The van der Waals surface area contributed by atoms with E-state index < -0.39 is 11.9 Å². The average molecular weight is 246 g/mol. The molecule has 18 heavy (non-hydrogen) atoms. The third-order valence-corrected chi connectivity index (χ3v) is 3.11. The quantitative estimate of drug-likeness (QED) is 0.834. The highest BCUT2D eigenvalue weighted by atomic mass is 16.4. The summed E-state index contributed by atoms with van der Waals surface area (Å²) in [4.78, 5) is 13.2. The highest BCUT2D eigenvalue weighted by Gasteiger charge is 2.23. The topological polar surface area (TPSA) is 64.3 Å². The van der Waals surface area contributed by atoms with Crippen molar-refractivity contribution >= 4 is 5.97 Å². The molecule has 0 amide bonds. The Morgan fingerprint density at radius 1 is 1.44 bits per heavy atom. The molecular formula is C14H18N2O2. The summed E-state index contributed by atoms with van der Waals surface area (Å²) in [5, 5.41) is 17.9. The molecule has 2 unspecified atom stereocenters. The van der Waals surface area contributed by atoms with Gasteiger partial charge in [0.05, 0.1) is 18.4 Å². The van der Waals surface area contributed by atoms with E-state index in [4.69, 9.17) is 5.26 Å². The van der Waals surface area contributed by atoms with Crippen molar-refractivity contribution in [3.8, 4) is 6.07 Å². The first-order valence-electron chi connectivity index (χ1n) is 5.91. The number of likely N-dealkylation sites (N-methyl/N-ethyl adjacent to an activating group) is 1. The molecule has 4 heteroatoms. The van der Waals surface area contributed by atoms with Crippen molar-refractivity contribution in [1.29, 1.82) is 5.26 Å². The summed E-state index contributed by atoms with van der Waals surface area (Å²) in [6.45, 7) is 2.33. The number of nitriles is 1. The van der Waals surface area contributed by atoms with Crippen molar-refractivity contribution in [3.05, 3.63) is 35.9 Å². The van der Waals surface area contributed by atoms with Crippen LogP contribution in [0.3, 0.4) is 0 Å². The summed E-state index contributed by atoms with van der Waals surface area (Å²) >= 11 is 0. The maximum absolute atomic E-state index is 11.3. The molecule has 0 heterocycles. The molecule has 0 saturated heterocycles. The fourth-order valence-electron chi connectivity index (χ4n) is 1.77. The highest BCUT2D eigenvalue weighted by molar-refractivity contribution is 5.76. The van der Waals surface area contributed by atoms with Crippen molar-refractivity contribution < 1.29 is 9.90 Å². The number of hydrogen-bond acceptors (Lipinski definition) is 3. The molecule has 1 aromatic carbocycles.